The summed E-state index contributed by atoms with van der Waals surface area (Å²) in [6, 6.07) is -0.677. The highest BCUT2D eigenvalue weighted by atomic mass is 35.5. The van der Waals surface area contributed by atoms with Crippen molar-refractivity contribution in [2.75, 3.05) is 18.1 Å². The molecule has 2 atom stereocenters. The number of sulfone groups is 1. The van der Waals surface area contributed by atoms with Crippen molar-refractivity contribution >= 4 is 28.2 Å². The number of likely N-dealkylation sites (N-methyl/N-ethyl adjacent to an activating group) is 1. The molecule has 1 aliphatic heterocycles. The molecule has 0 bridgehead atoms. The van der Waals surface area contributed by atoms with Crippen LogP contribution in [0.3, 0.4) is 0 Å². The molecule has 1 rings (SSSR count). The number of carbonyl (C=O) groups is 1. The predicted octanol–water partition coefficient (Wildman–Crippen LogP) is 0.571. The largest absolute Gasteiger partial charge is 0.338 e. The van der Waals surface area contributed by atoms with E-state index in [0.29, 0.717) is 19.4 Å². The van der Waals surface area contributed by atoms with Gasteiger partial charge in [0.05, 0.1) is 17.5 Å². The first-order valence-electron chi connectivity index (χ1n) is 6.17. The summed E-state index contributed by atoms with van der Waals surface area (Å²) in [5.74, 6) is 0.159. The first-order valence-corrected chi connectivity index (χ1v) is 8.00. The fourth-order valence-electron chi connectivity index (χ4n) is 2.26. The second kappa shape index (κ2) is 7.31. The molecule has 7 heteroatoms. The molecule has 1 saturated heterocycles. The summed E-state index contributed by atoms with van der Waals surface area (Å²) in [6.45, 7) is 4.36. The van der Waals surface area contributed by atoms with Crippen LogP contribution in [-0.4, -0.2) is 49.4 Å². The van der Waals surface area contributed by atoms with Crippen molar-refractivity contribution in [3.05, 3.63) is 0 Å². The highest BCUT2D eigenvalue weighted by molar-refractivity contribution is 7.91. The lowest BCUT2D eigenvalue weighted by Gasteiger charge is -2.29. The summed E-state index contributed by atoms with van der Waals surface area (Å²) in [6.07, 6.45) is 2.04. The van der Waals surface area contributed by atoms with Crippen LogP contribution in [-0.2, 0) is 14.6 Å². The lowest BCUT2D eigenvalue weighted by molar-refractivity contribution is -0.134. The monoisotopic (exact) mass is 298 g/mol. The van der Waals surface area contributed by atoms with Gasteiger partial charge in [0.1, 0.15) is 0 Å². The third-order valence-electron chi connectivity index (χ3n) is 3.19. The third-order valence-corrected chi connectivity index (χ3v) is 4.94. The number of halogens is 1. The minimum absolute atomic E-state index is 0. The van der Waals surface area contributed by atoms with E-state index >= 15 is 0 Å². The van der Waals surface area contributed by atoms with Gasteiger partial charge in [-0.2, -0.15) is 0 Å². The van der Waals surface area contributed by atoms with Crippen LogP contribution in [0.2, 0.25) is 0 Å². The predicted molar refractivity (Wildman–Crippen MR) is 74.6 cm³/mol. The van der Waals surface area contributed by atoms with Gasteiger partial charge in [0, 0.05) is 12.6 Å². The molecule has 5 nitrogen and oxygen atoms in total. The normalized spacial score (nSPS) is 23.2. The molecule has 0 spiro atoms. The van der Waals surface area contributed by atoms with E-state index in [0.717, 1.165) is 6.42 Å². The molecule has 1 fully saturated rings. The molecular formula is C11H23ClN2O3S. The Morgan fingerprint density at radius 2 is 2.06 bits per heavy atom. The zero-order valence-electron chi connectivity index (χ0n) is 11.0. The van der Waals surface area contributed by atoms with E-state index in [2.05, 4.69) is 0 Å². The molecule has 2 N–H and O–H groups in total. The fraction of sp³-hybridized carbons (Fsp3) is 0.909. The van der Waals surface area contributed by atoms with Crippen molar-refractivity contribution in [1.29, 1.82) is 0 Å². The van der Waals surface area contributed by atoms with Gasteiger partial charge in [0.15, 0.2) is 9.84 Å². The van der Waals surface area contributed by atoms with E-state index in [-0.39, 0.29) is 35.9 Å². The smallest absolute Gasteiger partial charge is 0.239 e. The van der Waals surface area contributed by atoms with Crippen LogP contribution in [0.5, 0.6) is 0 Å². The van der Waals surface area contributed by atoms with Gasteiger partial charge < -0.3 is 10.6 Å². The molecule has 0 aliphatic carbocycles. The van der Waals surface area contributed by atoms with Gasteiger partial charge in [-0.3, -0.25) is 4.79 Å². The molecule has 18 heavy (non-hydrogen) atoms. The van der Waals surface area contributed by atoms with E-state index in [1.165, 1.54) is 0 Å². The van der Waals surface area contributed by atoms with Crippen LogP contribution in [0, 0.1) is 0 Å². The lowest BCUT2D eigenvalue weighted by atomic mass is 10.1. The van der Waals surface area contributed by atoms with Crippen LogP contribution < -0.4 is 5.73 Å². The van der Waals surface area contributed by atoms with Gasteiger partial charge in [-0.25, -0.2) is 8.42 Å². The lowest BCUT2D eigenvalue weighted by Crippen LogP contribution is -2.49. The van der Waals surface area contributed by atoms with Crippen LogP contribution in [0.15, 0.2) is 0 Å². The molecular weight excluding hydrogens is 276 g/mol. The zero-order valence-corrected chi connectivity index (χ0v) is 12.6. The summed E-state index contributed by atoms with van der Waals surface area (Å²) in [5.41, 5.74) is 5.80. The standard InChI is InChI=1S/C11H22N2O3S.ClH/c1-3-5-10(12)11(14)13(4-2)9-6-7-17(15,16)8-9;/h9-10H,3-8,12H2,1-2H3;1H. The fourth-order valence-corrected chi connectivity index (χ4v) is 3.99. The summed E-state index contributed by atoms with van der Waals surface area (Å²) in [4.78, 5) is 13.7. The Kier molecular flexibility index (Phi) is 7.17. The van der Waals surface area contributed by atoms with Crippen LogP contribution >= 0.6 is 12.4 Å². The number of hydrogen-bond acceptors (Lipinski definition) is 4. The molecule has 0 radical (unpaired) electrons. The molecule has 0 aromatic carbocycles. The quantitative estimate of drug-likeness (QED) is 0.805. The topological polar surface area (TPSA) is 80.5 Å². The minimum atomic E-state index is -2.96. The van der Waals surface area contributed by atoms with Crippen LogP contribution in [0.25, 0.3) is 0 Å². The van der Waals surface area contributed by atoms with Crippen molar-refractivity contribution in [2.24, 2.45) is 5.73 Å². The van der Waals surface area contributed by atoms with Crippen molar-refractivity contribution in [1.82, 2.24) is 4.90 Å². The average Bonchev–Trinajstić information content (AvgIpc) is 2.60. The number of nitrogens with two attached hydrogens (primary N) is 1. The first-order chi connectivity index (χ1) is 7.91. The van der Waals surface area contributed by atoms with Crippen molar-refractivity contribution in [3.63, 3.8) is 0 Å². The zero-order chi connectivity index (χ0) is 13.1. The Hall–Kier alpha value is -0.330. The maximum absolute atomic E-state index is 12.1. The Labute approximate surface area is 115 Å². The molecule has 1 heterocycles. The SMILES string of the molecule is CCCC(N)C(=O)N(CC)C1CCS(=O)(=O)C1.Cl. The second-order valence-corrected chi connectivity index (χ2v) is 6.81. The van der Waals surface area contributed by atoms with E-state index in [1.807, 2.05) is 13.8 Å². The average molecular weight is 299 g/mol. The van der Waals surface area contributed by atoms with E-state index < -0.39 is 15.9 Å². The number of amides is 1. The first kappa shape index (κ1) is 17.7. The Morgan fingerprint density at radius 1 is 1.44 bits per heavy atom. The second-order valence-electron chi connectivity index (χ2n) is 4.58. The van der Waals surface area contributed by atoms with Gasteiger partial charge in [-0.05, 0) is 19.8 Å². The summed E-state index contributed by atoms with van der Waals surface area (Å²) < 4.78 is 22.8. The summed E-state index contributed by atoms with van der Waals surface area (Å²) in [5, 5.41) is 0. The minimum Gasteiger partial charge on any atom is -0.338 e. The van der Waals surface area contributed by atoms with Crippen molar-refractivity contribution < 1.29 is 13.2 Å². The number of hydrogen-bond donors (Lipinski definition) is 1. The summed E-state index contributed by atoms with van der Waals surface area (Å²) in [7, 11) is -2.96. The van der Waals surface area contributed by atoms with Gasteiger partial charge >= 0.3 is 0 Å². The van der Waals surface area contributed by atoms with Gasteiger partial charge in [-0.1, -0.05) is 13.3 Å². The number of rotatable bonds is 5. The molecule has 0 aromatic rings. The van der Waals surface area contributed by atoms with Gasteiger partial charge in [0.25, 0.3) is 0 Å². The van der Waals surface area contributed by atoms with Gasteiger partial charge in [-0.15, -0.1) is 12.4 Å². The van der Waals surface area contributed by atoms with Crippen LogP contribution in [0.1, 0.15) is 33.1 Å². The van der Waals surface area contributed by atoms with Crippen molar-refractivity contribution in [3.8, 4) is 0 Å². The van der Waals surface area contributed by atoms with E-state index in [4.69, 9.17) is 5.73 Å². The Morgan fingerprint density at radius 3 is 2.44 bits per heavy atom. The van der Waals surface area contributed by atoms with E-state index in [9.17, 15) is 13.2 Å². The maximum atomic E-state index is 12.1. The molecule has 2 unspecified atom stereocenters. The maximum Gasteiger partial charge on any atom is 0.239 e. The highest BCUT2D eigenvalue weighted by Crippen LogP contribution is 2.18. The Bertz CT molecular complexity index is 372. The Balaban J connectivity index is 0.00000289. The third kappa shape index (κ3) is 4.40. The molecule has 1 amide bonds. The number of carbonyl (C=O) groups excluding carboxylic acids is 1. The molecule has 0 aromatic heterocycles. The van der Waals surface area contributed by atoms with E-state index in [1.54, 1.807) is 4.90 Å². The van der Waals surface area contributed by atoms with Gasteiger partial charge in [0.2, 0.25) is 5.91 Å². The molecule has 1 aliphatic rings. The number of nitrogens with zero attached hydrogens (tertiary/aromatic N) is 1. The highest BCUT2D eigenvalue weighted by Gasteiger charge is 2.35. The van der Waals surface area contributed by atoms with Crippen molar-refractivity contribution in [2.45, 2.75) is 45.2 Å². The van der Waals surface area contributed by atoms with Crippen LogP contribution in [0.4, 0.5) is 0 Å². The molecule has 0 saturated carbocycles. The summed E-state index contributed by atoms with van der Waals surface area (Å²) >= 11 is 0. The molecule has 108 valence electrons.